The van der Waals surface area contributed by atoms with Gasteiger partial charge in [-0.3, -0.25) is 0 Å². The summed E-state index contributed by atoms with van der Waals surface area (Å²) in [5.41, 5.74) is 1.16. The zero-order valence-electron chi connectivity index (χ0n) is 11.9. The van der Waals surface area contributed by atoms with E-state index in [0.717, 1.165) is 48.5 Å². The van der Waals surface area contributed by atoms with Crippen LogP contribution in [0.3, 0.4) is 0 Å². The second-order valence-electron chi connectivity index (χ2n) is 5.75. The van der Waals surface area contributed by atoms with Gasteiger partial charge in [0.2, 0.25) is 5.89 Å². The van der Waals surface area contributed by atoms with Crippen molar-refractivity contribution < 1.29 is 9.26 Å². The summed E-state index contributed by atoms with van der Waals surface area (Å²) in [6, 6.07) is 8.83. The molecule has 5 nitrogen and oxygen atoms in total. The number of nitrogens with one attached hydrogen (secondary N) is 1. The van der Waals surface area contributed by atoms with Gasteiger partial charge in [0.05, 0.1) is 12.5 Å². The summed E-state index contributed by atoms with van der Waals surface area (Å²) in [6.07, 6.45) is 4.30. The van der Waals surface area contributed by atoms with Crippen molar-refractivity contribution in [3.05, 3.63) is 41.5 Å². The third kappa shape index (κ3) is 2.78. The third-order valence-corrected chi connectivity index (χ3v) is 4.10. The number of benzene rings is 1. The molecule has 1 saturated carbocycles. The molecule has 1 N–H and O–H groups in total. The van der Waals surface area contributed by atoms with Gasteiger partial charge in [-0.15, -0.1) is 0 Å². The molecule has 1 unspecified atom stereocenters. The average molecular weight is 285 g/mol. The van der Waals surface area contributed by atoms with E-state index in [-0.39, 0.29) is 5.92 Å². The standard InChI is InChI=1S/C16H19N3O2/c1-2-4-14-12(3-1)13(8-10-20-14)16-18-15(21-19-16)7-9-17-11-5-6-11/h1-4,11,13,17H,5-10H2. The lowest BCUT2D eigenvalue weighted by Gasteiger charge is -2.23. The van der Waals surface area contributed by atoms with Crippen LogP contribution in [0.1, 0.15) is 42.5 Å². The molecule has 0 radical (unpaired) electrons. The van der Waals surface area contributed by atoms with Crippen LogP contribution in [0.15, 0.2) is 28.8 Å². The minimum atomic E-state index is 0.184. The summed E-state index contributed by atoms with van der Waals surface area (Å²) in [6.45, 7) is 1.62. The zero-order chi connectivity index (χ0) is 14.1. The molecule has 1 fully saturated rings. The van der Waals surface area contributed by atoms with Gasteiger partial charge in [-0.25, -0.2) is 0 Å². The van der Waals surface area contributed by atoms with E-state index in [1.54, 1.807) is 0 Å². The van der Waals surface area contributed by atoms with Crippen molar-refractivity contribution >= 4 is 0 Å². The number of nitrogens with zero attached hydrogens (tertiary/aromatic N) is 2. The Bertz CT molecular complexity index is 621. The SMILES string of the molecule is c1ccc2c(c1)OCCC2c1noc(CCNC2CC2)n1. The van der Waals surface area contributed by atoms with Crippen LogP contribution in [0.4, 0.5) is 0 Å². The van der Waals surface area contributed by atoms with Gasteiger partial charge in [0, 0.05) is 24.6 Å². The molecule has 1 atom stereocenters. The van der Waals surface area contributed by atoms with Crippen LogP contribution in [0, 0.1) is 0 Å². The Morgan fingerprint density at radius 1 is 1.19 bits per heavy atom. The number of para-hydroxylation sites is 1. The molecule has 0 bridgehead atoms. The van der Waals surface area contributed by atoms with E-state index < -0.39 is 0 Å². The topological polar surface area (TPSA) is 60.2 Å². The Kier molecular flexibility index (Phi) is 3.35. The fourth-order valence-electron chi connectivity index (χ4n) is 2.79. The Labute approximate surface area is 123 Å². The smallest absolute Gasteiger partial charge is 0.227 e. The summed E-state index contributed by atoms with van der Waals surface area (Å²) in [4.78, 5) is 4.58. The van der Waals surface area contributed by atoms with Gasteiger partial charge >= 0.3 is 0 Å². The molecule has 2 aromatic rings. The summed E-state index contributed by atoms with van der Waals surface area (Å²) < 4.78 is 11.1. The Hall–Kier alpha value is -1.88. The van der Waals surface area contributed by atoms with Crippen LogP contribution in [-0.4, -0.2) is 29.3 Å². The summed E-state index contributed by atoms with van der Waals surface area (Å²) in [7, 11) is 0. The van der Waals surface area contributed by atoms with Crippen molar-refractivity contribution in [2.24, 2.45) is 0 Å². The molecule has 1 aliphatic carbocycles. The number of hydrogen-bond donors (Lipinski definition) is 1. The monoisotopic (exact) mass is 285 g/mol. The number of hydrogen-bond acceptors (Lipinski definition) is 5. The van der Waals surface area contributed by atoms with E-state index in [0.29, 0.717) is 6.61 Å². The lowest BCUT2D eigenvalue weighted by molar-refractivity contribution is 0.272. The van der Waals surface area contributed by atoms with Crippen molar-refractivity contribution in [2.45, 2.75) is 37.6 Å². The summed E-state index contributed by atoms with van der Waals surface area (Å²) in [5.74, 6) is 2.63. The highest BCUT2D eigenvalue weighted by molar-refractivity contribution is 5.40. The normalized spacial score (nSPS) is 20.9. The maximum absolute atomic E-state index is 5.68. The predicted octanol–water partition coefficient (Wildman–Crippen LogP) is 2.28. The number of rotatable bonds is 5. The highest BCUT2D eigenvalue weighted by Gasteiger charge is 2.27. The first-order valence-electron chi connectivity index (χ1n) is 7.68. The maximum atomic E-state index is 5.68. The molecule has 2 aliphatic rings. The van der Waals surface area contributed by atoms with Crippen molar-refractivity contribution in [2.75, 3.05) is 13.2 Å². The lowest BCUT2D eigenvalue weighted by Crippen LogP contribution is -2.19. The maximum Gasteiger partial charge on any atom is 0.227 e. The van der Waals surface area contributed by atoms with Crippen molar-refractivity contribution in [1.82, 2.24) is 15.5 Å². The van der Waals surface area contributed by atoms with E-state index in [9.17, 15) is 0 Å². The first kappa shape index (κ1) is 12.8. The number of aromatic nitrogens is 2. The van der Waals surface area contributed by atoms with Crippen molar-refractivity contribution in [1.29, 1.82) is 0 Å². The molecule has 1 aromatic carbocycles. The highest BCUT2D eigenvalue weighted by Crippen LogP contribution is 2.36. The van der Waals surface area contributed by atoms with Gasteiger partial charge in [-0.1, -0.05) is 23.4 Å². The second-order valence-corrected chi connectivity index (χ2v) is 5.75. The van der Waals surface area contributed by atoms with Gasteiger partial charge in [-0.2, -0.15) is 4.98 Å². The largest absolute Gasteiger partial charge is 0.493 e. The fourth-order valence-corrected chi connectivity index (χ4v) is 2.79. The molecule has 21 heavy (non-hydrogen) atoms. The molecule has 1 aromatic heterocycles. The first-order chi connectivity index (χ1) is 10.4. The molecule has 2 heterocycles. The molecule has 4 rings (SSSR count). The minimum absolute atomic E-state index is 0.184. The van der Waals surface area contributed by atoms with Crippen LogP contribution in [-0.2, 0) is 6.42 Å². The molecule has 110 valence electrons. The van der Waals surface area contributed by atoms with Crippen molar-refractivity contribution in [3.8, 4) is 5.75 Å². The van der Waals surface area contributed by atoms with Gasteiger partial charge in [-0.05, 0) is 25.3 Å². The van der Waals surface area contributed by atoms with E-state index in [1.807, 2.05) is 18.2 Å². The van der Waals surface area contributed by atoms with E-state index in [1.165, 1.54) is 12.8 Å². The van der Waals surface area contributed by atoms with Gasteiger partial charge < -0.3 is 14.6 Å². The molecular formula is C16H19N3O2. The minimum Gasteiger partial charge on any atom is -0.493 e. The van der Waals surface area contributed by atoms with E-state index in [4.69, 9.17) is 9.26 Å². The molecule has 0 saturated heterocycles. The third-order valence-electron chi connectivity index (χ3n) is 4.10. The van der Waals surface area contributed by atoms with Gasteiger partial charge in [0.1, 0.15) is 5.75 Å². The van der Waals surface area contributed by atoms with E-state index in [2.05, 4.69) is 21.5 Å². The molecular weight excluding hydrogens is 266 g/mol. The highest BCUT2D eigenvalue weighted by atomic mass is 16.5. The van der Waals surface area contributed by atoms with Crippen LogP contribution < -0.4 is 10.1 Å². The van der Waals surface area contributed by atoms with Crippen molar-refractivity contribution in [3.63, 3.8) is 0 Å². The summed E-state index contributed by atoms with van der Waals surface area (Å²) >= 11 is 0. The average Bonchev–Trinajstić information content (AvgIpc) is 3.23. The zero-order valence-corrected chi connectivity index (χ0v) is 11.9. The Balaban J connectivity index is 1.47. The quantitative estimate of drug-likeness (QED) is 0.913. The van der Waals surface area contributed by atoms with Crippen LogP contribution in [0.25, 0.3) is 0 Å². The Morgan fingerprint density at radius 2 is 2.10 bits per heavy atom. The van der Waals surface area contributed by atoms with Crippen LogP contribution >= 0.6 is 0 Å². The van der Waals surface area contributed by atoms with Gasteiger partial charge in [0.25, 0.3) is 0 Å². The van der Waals surface area contributed by atoms with Gasteiger partial charge in [0.15, 0.2) is 5.82 Å². The molecule has 0 spiro atoms. The molecule has 5 heteroatoms. The van der Waals surface area contributed by atoms with Crippen LogP contribution in [0.5, 0.6) is 5.75 Å². The molecule has 0 amide bonds. The molecule has 1 aliphatic heterocycles. The second kappa shape index (κ2) is 5.48. The number of ether oxygens (including phenoxy) is 1. The predicted molar refractivity (Wildman–Crippen MR) is 77.4 cm³/mol. The first-order valence-corrected chi connectivity index (χ1v) is 7.68. The fraction of sp³-hybridized carbons (Fsp3) is 0.500. The van der Waals surface area contributed by atoms with E-state index >= 15 is 0 Å². The summed E-state index contributed by atoms with van der Waals surface area (Å²) in [5, 5.41) is 7.64. The van der Waals surface area contributed by atoms with Crippen LogP contribution in [0.2, 0.25) is 0 Å². The number of fused-ring (bicyclic) bond motifs is 1. The lowest BCUT2D eigenvalue weighted by atomic mass is 9.92. The Morgan fingerprint density at radius 3 is 3.00 bits per heavy atom.